The number of hydrogen-bond acceptors (Lipinski definition) is 5. The first-order valence-corrected chi connectivity index (χ1v) is 9.31. The molecule has 0 saturated heterocycles. The average molecular weight is 411 g/mol. The standard InChI is InChI=1S/C22H22FN3O4/c1-14-6-8-15(9-7-14)20-11-19(21(28)24-12-18(27)13-30-2)22(29)26(25-20)17-5-3-4-16(23)10-17/h3-11,18,27H,12-13H2,1-2H3,(H,24,28)/t18-/m0/s1. The number of nitrogens with one attached hydrogen (secondary N) is 1. The molecule has 7 nitrogen and oxygen atoms in total. The molecule has 3 aromatic rings. The number of aliphatic hydroxyl groups excluding tert-OH is 1. The van der Waals surface area contributed by atoms with Crippen molar-refractivity contribution in [1.29, 1.82) is 0 Å². The van der Waals surface area contributed by atoms with E-state index in [4.69, 9.17) is 4.74 Å². The van der Waals surface area contributed by atoms with Gasteiger partial charge in [0.25, 0.3) is 11.5 Å². The summed E-state index contributed by atoms with van der Waals surface area (Å²) in [5, 5.41) is 16.6. The number of aryl methyl sites for hydroxylation is 1. The van der Waals surface area contributed by atoms with E-state index in [1.807, 2.05) is 31.2 Å². The van der Waals surface area contributed by atoms with Crippen molar-refractivity contribution >= 4 is 5.91 Å². The van der Waals surface area contributed by atoms with Crippen molar-refractivity contribution in [2.24, 2.45) is 0 Å². The topological polar surface area (TPSA) is 93.4 Å². The second kappa shape index (κ2) is 9.43. The number of amides is 1. The maximum absolute atomic E-state index is 13.7. The van der Waals surface area contributed by atoms with Crippen LogP contribution in [0.2, 0.25) is 0 Å². The lowest BCUT2D eigenvalue weighted by atomic mass is 10.1. The normalized spacial score (nSPS) is 11.9. The highest BCUT2D eigenvalue weighted by atomic mass is 19.1. The van der Waals surface area contributed by atoms with Gasteiger partial charge in [0, 0.05) is 19.2 Å². The molecule has 0 aliphatic carbocycles. The summed E-state index contributed by atoms with van der Waals surface area (Å²) in [5.74, 6) is -1.20. The van der Waals surface area contributed by atoms with Gasteiger partial charge in [0.1, 0.15) is 11.4 Å². The summed E-state index contributed by atoms with van der Waals surface area (Å²) < 4.78 is 19.6. The number of nitrogens with zero attached hydrogens (tertiary/aromatic N) is 2. The fraction of sp³-hybridized carbons (Fsp3) is 0.227. The minimum atomic E-state index is -0.914. The maximum Gasteiger partial charge on any atom is 0.284 e. The van der Waals surface area contributed by atoms with Crippen LogP contribution in [0.4, 0.5) is 4.39 Å². The van der Waals surface area contributed by atoms with Crippen LogP contribution in [0.1, 0.15) is 15.9 Å². The highest BCUT2D eigenvalue weighted by Gasteiger charge is 2.18. The van der Waals surface area contributed by atoms with E-state index in [0.717, 1.165) is 16.3 Å². The minimum absolute atomic E-state index is 0.0404. The molecule has 0 bridgehead atoms. The van der Waals surface area contributed by atoms with E-state index in [9.17, 15) is 19.1 Å². The van der Waals surface area contributed by atoms with Crippen molar-refractivity contribution in [1.82, 2.24) is 15.1 Å². The molecule has 1 atom stereocenters. The van der Waals surface area contributed by atoms with Crippen LogP contribution in [0.3, 0.4) is 0 Å². The second-order valence-corrected chi connectivity index (χ2v) is 6.83. The van der Waals surface area contributed by atoms with Gasteiger partial charge in [-0.25, -0.2) is 4.39 Å². The van der Waals surface area contributed by atoms with Crippen LogP contribution in [0.15, 0.2) is 59.4 Å². The van der Waals surface area contributed by atoms with E-state index in [-0.39, 0.29) is 24.4 Å². The van der Waals surface area contributed by atoms with Crippen LogP contribution in [0.5, 0.6) is 0 Å². The van der Waals surface area contributed by atoms with Crippen LogP contribution in [0, 0.1) is 12.7 Å². The lowest BCUT2D eigenvalue weighted by Gasteiger charge is -2.13. The molecule has 0 fully saturated rings. The molecule has 1 heterocycles. The zero-order valence-corrected chi connectivity index (χ0v) is 16.6. The number of ether oxygens (including phenoxy) is 1. The third-order valence-electron chi connectivity index (χ3n) is 4.41. The van der Waals surface area contributed by atoms with Crippen molar-refractivity contribution < 1.29 is 19.0 Å². The molecular weight excluding hydrogens is 389 g/mol. The Balaban J connectivity index is 2.07. The van der Waals surface area contributed by atoms with Gasteiger partial charge < -0.3 is 15.2 Å². The maximum atomic E-state index is 13.7. The Hall–Kier alpha value is -3.36. The van der Waals surface area contributed by atoms with Crippen molar-refractivity contribution in [3.05, 3.63) is 81.9 Å². The van der Waals surface area contributed by atoms with E-state index in [1.165, 1.54) is 31.4 Å². The molecule has 0 aliphatic heterocycles. The number of aromatic nitrogens is 2. The number of methoxy groups -OCH3 is 1. The summed E-state index contributed by atoms with van der Waals surface area (Å²) in [5.41, 5.74) is 1.44. The third kappa shape index (κ3) is 4.97. The smallest absolute Gasteiger partial charge is 0.284 e. The highest BCUT2D eigenvalue weighted by molar-refractivity contribution is 5.94. The second-order valence-electron chi connectivity index (χ2n) is 6.83. The first-order valence-electron chi connectivity index (χ1n) is 9.31. The number of carbonyl (C=O) groups is 1. The lowest BCUT2D eigenvalue weighted by Crippen LogP contribution is -2.38. The van der Waals surface area contributed by atoms with Crippen LogP contribution in [-0.4, -0.2) is 47.2 Å². The molecule has 0 unspecified atom stereocenters. The summed E-state index contributed by atoms with van der Waals surface area (Å²) in [6.45, 7) is 1.89. The molecule has 0 aliphatic rings. The number of halogens is 1. The fourth-order valence-corrected chi connectivity index (χ4v) is 2.86. The lowest BCUT2D eigenvalue weighted by molar-refractivity contribution is 0.0609. The first kappa shape index (κ1) is 21.4. The summed E-state index contributed by atoms with van der Waals surface area (Å²) in [6.07, 6.45) is -0.914. The number of hydrogen-bond donors (Lipinski definition) is 2. The molecule has 156 valence electrons. The molecule has 2 aromatic carbocycles. The number of rotatable bonds is 7. The van der Waals surface area contributed by atoms with Crippen LogP contribution in [-0.2, 0) is 4.74 Å². The van der Waals surface area contributed by atoms with Gasteiger partial charge in [-0.15, -0.1) is 0 Å². The Labute approximate surface area is 172 Å². The van der Waals surface area contributed by atoms with Gasteiger partial charge in [0.2, 0.25) is 0 Å². The Morgan fingerprint density at radius 3 is 2.63 bits per heavy atom. The van der Waals surface area contributed by atoms with E-state index >= 15 is 0 Å². The first-order chi connectivity index (χ1) is 14.4. The Morgan fingerprint density at radius 2 is 1.97 bits per heavy atom. The zero-order valence-electron chi connectivity index (χ0n) is 16.6. The van der Waals surface area contributed by atoms with Gasteiger partial charge >= 0.3 is 0 Å². The van der Waals surface area contributed by atoms with Crippen molar-refractivity contribution in [2.75, 3.05) is 20.3 Å². The SMILES string of the molecule is COC[C@@H](O)CNC(=O)c1cc(-c2ccc(C)cc2)nn(-c2cccc(F)c2)c1=O. The van der Waals surface area contributed by atoms with E-state index in [1.54, 1.807) is 0 Å². The number of carbonyl (C=O) groups excluding carboxylic acids is 1. The summed E-state index contributed by atoms with van der Waals surface area (Å²) in [7, 11) is 1.43. The Kier molecular flexibility index (Phi) is 6.71. The molecule has 8 heteroatoms. The zero-order chi connectivity index (χ0) is 21.7. The molecular formula is C22H22FN3O4. The monoisotopic (exact) mass is 411 g/mol. The highest BCUT2D eigenvalue weighted by Crippen LogP contribution is 2.19. The molecule has 2 N–H and O–H groups in total. The predicted octanol–water partition coefficient (Wildman–Crippen LogP) is 2.08. The molecule has 3 rings (SSSR count). The van der Waals surface area contributed by atoms with Crippen molar-refractivity contribution in [3.8, 4) is 16.9 Å². The largest absolute Gasteiger partial charge is 0.389 e. The van der Waals surface area contributed by atoms with Gasteiger partial charge in [-0.1, -0.05) is 35.9 Å². The quantitative estimate of drug-likeness (QED) is 0.621. The fourth-order valence-electron chi connectivity index (χ4n) is 2.86. The molecule has 30 heavy (non-hydrogen) atoms. The van der Waals surface area contributed by atoms with E-state index < -0.39 is 23.4 Å². The average Bonchev–Trinajstić information content (AvgIpc) is 2.73. The predicted molar refractivity (Wildman–Crippen MR) is 110 cm³/mol. The van der Waals surface area contributed by atoms with Gasteiger partial charge in [-0.2, -0.15) is 9.78 Å². The van der Waals surface area contributed by atoms with Gasteiger partial charge in [-0.05, 0) is 31.2 Å². The molecule has 0 saturated carbocycles. The Morgan fingerprint density at radius 1 is 1.23 bits per heavy atom. The van der Waals surface area contributed by atoms with Crippen molar-refractivity contribution in [3.63, 3.8) is 0 Å². The molecule has 0 spiro atoms. The molecule has 1 aromatic heterocycles. The van der Waals surface area contributed by atoms with E-state index in [2.05, 4.69) is 10.4 Å². The van der Waals surface area contributed by atoms with Gasteiger partial charge in [0.05, 0.1) is 24.1 Å². The van der Waals surface area contributed by atoms with Gasteiger partial charge in [0.15, 0.2) is 0 Å². The summed E-state index contributed by atoms with van der Waals surface area (Å²) in [4.78, 5) is 25.6. The van der Waals surface area contributed by atoms with Crippen LogP contribution in [0.25, 0.3) is 16.9 Å². The molecule has 1 amide bonds. The van der Waals surface area contributed by atoms with Crippen LogP contribution >= 0.6 is 0 Å². The number of benzene rings is 2. The Bertz CT molecular complexity index is 1100. The van der Waals surface area contributed by atoms with Gasteiger partial charge in [-0.3, -0.25) is 9.59 Å². The summed E-state index contributed by atoms with van der Waals surface area (Å²) >= 11 is 0. The van der Waals surface area contributed by atoms with E-state index in [0.29, 0.717) is 11.3 Å². The summed E-state index contributed by atoms with van der Waals surface area (Å²) in [6, 6.07) is 14.2. The molecule has 0 radical (unpaired) electrons. The van der Waals surface area contributed by atoms with Crippen molar-refractivity contribution in [2.45, 2.75) is 13.0 Å². The minimum Gasteiger partial charge on any atom is -0.389 e. The number of aliphatic hydroxyl groups is 1. The third-order valence-corrected chi connectivity index (χ3v) is 4.41. The van der Waals surface area contributed by atoms with Crippen LogP contribution < -0.4 is 10.9 Å².